The van der Waals surface area contributed by atoms with Gasteiger partial charge in [-0.05, 0) is 42.0 Å². The maximum Gasteiger partial charge on any atom is 0.294 e. The van der Waals surface area contributed by atoms with Crippen molar-refractivity contribution < 1.29 is 17.7 Å². The first-order valence-corrected chi connectivity index (χ1v) is 8.07. The molecule has 1 N–H and O–H groups in total. The summed E-state index contributed by atoms with van der Waals surface area (Å²) in [5, 5.41) is 0. The first-order chi connectivity index (χ1) is 11.0. The molecule has 0 bridgehead atoms. The molecule has 24 heavy (non-hydrogen) atoms. The SMILES string of the molecule is Cl.O=S(=O)(O)c1ccc(Oc2ccc(-c3cncnc3)cc2)cc1. The highest BCUT2D eigenvalue weighted by atomic mass is 35.5. The zero-order chi connectivity index (χ0) is 16.3. The lowest BCUT2D eigenvalue weighted by atomic mass is 10.1. The zero-order valence-electron chi connectivity index (χ0n) is 12.2. The molecule has 0 unspecified atom stereocenters. The summed E-state index contributed by atoms with van der Waals surface area (Å²) in [4.78, 5) is 7.76. The van der Waals surface area contributed by atoms with E-state index in [0.29, 0.717) is 11.5 Å². The molecule has 0 fully saturated rings. The van der Waals surface area contributed by atoms with Crippen LogP contribution in [0.4, 0.5) is 0 Å². The number of hydrogen-bond acceptors (Lipinski definition) is 5. The molecule has 0 saturated heterocycles. The van der Waals surface area contributed by atoms with E-state index < -0.39 is 10.1 Å². The molecular formula is C16H13ClN2O4S. The summed E-state index contributed by atoms with van der Waals surface area (Å²) in [6.45, 7) is 0. The van der Waals surface area contributed by atoms with Crippen LogP contribution in [0, 0.1) is 0 Å². The number of halogens is 1. The maximum absolute atomic E-state index is 11.0. The van der Waals surface area contributed by atoms with Crippen molar-refractivity contribution in [2.45, 2.75) is 4.90 Å². The largest absolute Gasteiger partial charge is 0.457 e. The van der Waals surface area contributed by atoms with E-state index in [-0.39, 0.29) is 17.3 Å². The minimum atomic E-state index is -4.20. The lowest BCUT2D eigenvalue weighted by molar-refractivity contribution is 0.478. The highest BCUT2D eigenvalue weighted by molar-refractivity contribution is 7.85. The minimum absolute atomic E-state index is 0. The number of ether oxygens (including phenoxy) is 1. The lowest BCUT2D eigenvalue weighted by Gasteiger charge is -2.07. The summed E-state index contributed by atoms with van der Waals surface area (Å²) in [5.74, 6) is 1.07. The van der Waals surface area contributed by atoms with Gasteiger partial charge in [0.2, 0.25) is 0 Å². The molecule has 3 rings (SSSR count). The van der Waals surface area contributed by atoms with E-state index in [0.717, 1.165) is 11.1 Å². The van der Waals surface area contributed by atoms with Crippen LogP contribution in [0.15, 0.2) is 72.1 Å². The van der Waals surface area contributed by atoms with E-state index in [1.54, 1.807) is 24.5 Å². The zero-order valence-corrected chi connectivity index (χ0v) is 13.9. The smallest absolute Gasteiger partial charge is 0.294 e. The summed E-state index contributed by atoms with van der Waals surface area (Å²) in [5.41, 5.74) is 1.86. The Morgan fingerprint density at radius 2 is 1.29 bits per heavy atom. The maximum atomic E-state index is 11.0. The Labute approximate surface area is 145 Å². The highest BCUT2D eigenvalue weighted by Crippen LogP contribution is 2.25. The molecule has 1 aromatic heterocycles. The van der Waals surface area contributed by atoms with E-state index in [1.807, 2.05) is 12.1 Å². The second kappa shape index (κ2) is 7.39. The van der Waals surface area contributed by atoms with Crippen LogP contribution in [0.2, 0.25) is 0 Å². The monoisotopic (exact) mass is 364 g/mol. The van der Waals surface area contributed by atoms with E-state index in [1.165, 1.54) is 30.6 Å². The predicted molar refractivity (Wildman–Crippen MR) is 91.0 cm³/mol. The summed E-state index contributed by atoms with van der Waals surface area (Å²) >= 11 is 0. The van der Waals surface area contributed by atoms with Crippen molar-refractivity contribution in [3.63, 3.8) is 0 Å². The molecule has 0 aliphatic carbocycles. The molecule has 0 amide bonds. The molecule has 0 aliphatic heterocycles. The third-order valence-corrected chi connectivity index (χ3v) is 3.97. The third kappa shape index (κ3) is 4.29. The van der Waals surface area contributed by atoms with Gasteiger partial charge >= 0.3 is 0 Å². The van der Waals surface area contributed by atoms with Gasteiger partial charge in [0.1, 0.15) is 17.8 Å². The molecule has 0 aliphatic rings. The number of nitrogens with zero attached hydrogens (tertiary/aromatic N) is 2. The van der Waals surface area contributed by atoms with Crippen LogP contribution < -0.4 is 4.74 Å². The topological polar surface area (TPSA) is 89.4 Å². The van der Waals surface area contributed by atoms with E-state index in [9.17, 15) is 8.42 Å². The standard InChI is InChI=1S/C16H12N2O4S.ClH/c19-23(20,21)16-7-5-15(6-8-16)22-14-3-1-12(2-4-14)13-9-17-11-18-10-13;/h1-11H,(H,19,20,21);1H. The Balaban J connectivity index is 0.00000208. The Bertz CT molecular complexity index is 899. The average Bonchev–Trinajstić information content (AvgIpc) is 2.56. The van der Waals surface area contributed by atoms with Gasteiger partial charge < -0.3 is 4.74 Å². The van der Waals surface area contributed by atoms with E-state index >= 15 is 0 Å². The van der Waals surface area contributed by atoms with Crippen molar-refractivity contribution in [3.05, 3.63) is 67.3 Å². The Kier molecular flexibility index (Phi) is 5.50. The van der Waals surface area contributed by atoms with Crippen LogP contribution in [-0.4, -0.2) is 22.9 Å². The Morgan fingerprint density at radius 3 is 1.79 bits per heavy atom. The van der Waals surface area contributed by atoms with Gasteiger partial charge in [-0.1, -0.05) is 12.1 Å². The van der Waals surface area contributed by atoms with Crippen LogP contribution in [0.1, 0.15) is 0 Å². The van der Waals surface area contributed by atoms with Gasteiger partial charge in [0.15, 0.2) is 0 Å². The molecular weight excluding hydrogens is 352 g/mol. The fourth-order valence-electron chi connectivity index (χ4n) is 1.98. The van der Waals surface area contributed by atoms with Gasteiger partial charge in [-0.25, -0.2) is 9.97 Å². The molecule has 0 spiro atoms. The quantitative estimate of drug-likeness (QED) is 0.711. The van der Waals surface area contributed by atoms with Gasteiger partial charge in [-0.15, -0.1) is 12.4 Å². The number of benzene rings is 2. The summed E-state index contributed by atoms with van der Waals surface area (Å²) in [7, 11) is -4.20. The predicted octanol–water partition coefficient (Wildman–Crippen LogP) is 3.60. The Hall–Kier alpha value is -2.48. The highest BCUT2D eigenvalue weighted by Gasteiger charge is 2.09. The normalized spacial score (nSPS) is 10.7. The van der Waals surface area contributed by atoms with Gasteiger partial charge in [0, 0.05) is 18.0 Å². The molecule has 3 aromatic rings. The van der Waals surface area contributed by atoms with Crippen molar-refractivity contribution in [2.75, 3.05) is 0 Å². The van der Waals surface area contributed by atoms with Crippen LogP contribution in [0.3, 0.4) is 0 Å². The summed E-state index contributed by atoms with van der Waals surface area (Å²) in [6, 6.07) is 12.8. The van der Waals surface area contributed by atoms with Crippen LogP contribution in [-0.2, 0) is 10.1 Å². The molecule has 0 saturated carbocycles. The first kappa shape index (κ1) is 17.9. The molecule has 1 heterocycles. The fourth-order valence-corrected chi connectivity index (χ4v) is 2.46. The number of hydrogen-bond donors (Lipinski definition) is 1. The molecule has 124 valence electrons. The van der Waals surface area contributed by atoms with E-state index in [2.05, 4.69) is 9.97 Å². The minimum Gasteiger partial charge on any atom is -0.457 e. The number of aromatic nitrogens is 2. The Morgan fingerprint density at radius 1 is 0.792 bits per heavy atom. The molecule has 8 heteroatoms. The van der Waals surface area contributed by atoms with Crippen molar-refractivity contribution in [3.8, 4) is 22.6 Å². The van der Waals surface area contributed by atoms with Gasteiger partial charge in [0.05, 0.1) is 4.90 Å². The number of rotatable bonds is 4. The molecule has 2 aromatic carbocycles. The fraction of sp³-hybridized carbons (Fsp3) is 0. The van der Waals surface area contributed by atoms with Crippen molar-refractivity contribution in [1.82, 2.24) is 9.97 Å². The van der Waals surface area contributed by atoms with Gasteiger partial charge in [0.25, 0.3) is 10.1 Å². The van der Waals surface area contributed by atoms with Crippen LogP contribution >= 0.6 is 12.4 Å². The summed E-state index contributed by atoms with van der Waals surface area (Å²) < 4.78 is 36.5. The average molecular weight is 365 g/mol. The molecule has 0 atom stereocenters. The van der Waals surface area contributed by atoms with Gasteiger partial charge in [-0.3, -0.25) is 4.55 Å². The van der Waals surface area contributed by atoms with E-state index in [4.69, 9.17) is 9.29 Å². The molecule has 0 radical (unpaired) electrons. The van der Waals surface area contributed by atoms with Crippen molar-refractivity contribution in [2.24, 2.45) is 0 Å². The van der Waals surface area contributed by atoms with Crippen molar-refractivity contribution in [1.29, 1.82) is 0 Å². The van der Waals surface area contributed by atoms with Gasteiger partial charge in [-0.2, -0.15) is 8.42 Å². The van der Waals surface area contributed by atoms with Crippen LogP contribution in [0.5, 0.6) is 11.5 Å². The van der Waals surface area contributed by atoms with Crippen LogP contribution in [0.25, 0.3) is 11.1 Å². The van der Waals surface area contributed by atoms with Crippen molar-refractivity contribution >= 4 is 22.5 Å². The third-order valence-electron chi connectivity index (χ3n) is 3.11. The molecule has 6 nitrogen and oxygen atoms in total. The second-order valence-electron chi connectivity index (χ2n) is 4.70. The first-order valence-electron chi connectivity index (χ1n) is 6.63. The summed E-state index contributed by atoms with van der Waals surface area (Å²) in [6.07, 6.45) is 4.91. The second-order valence-corrected chi connectivity index (χ2v) is 6.12. The lowest BCUT2D eigenvalue weighted by Crippen LogP contribution is -1.97.